The highest BCUT2D eigenvalue weighted by Crippen LogP contribution is 2.44. The molecule has 7 heteroatoms. The van der Waals surface area contributed by atoms with Crippen molar-refractivity contribution in [1.82, 2.24) is 10.6 Å². The predicted octanol–water partition coefficient (Wildman–Crippen LogP) is 4.70. The van der Waals surface area contributed by atoms with Crippen molar-refractivity contribution in [2.24, 2.45) is 11.8 Å². The number of nitrogens with one attached hydrogen (secondary N) is 2. The Hall–Kier alpha value is -3.35. The first-order valence-electron chi connectivity index (χ1n) is 12.6. The lowest BCUT2D eigenvalue weighted by molar-refractivity contribution is -0.143. The molecule has 0 aliphatic heterocycles. The molecule has 0 radical (unpaired) electrons. The first kappa shape index (κ1) is 24.8. The van der Waals surface area contributed by atoms with E-state index in [4.69, 9.17) is 4.74 Å². The second kappa shape index (κ2) is 11.4. The highest BCUT2D eigenvalue weighted by Gasteiger charge is 2.34. The number of carbonyl (C=O) groups excluding carboxylic acids is 2. The summed E-state index contributed by atoms with van der Waals surface area (Å²) in [4.78, 5) is 36.9. The average molecular weight is 479 g/mol. The number of hydrogen-bond acceptors (Lipinski definition) is 4. The maximum absolute atomic E-state index is 12.9. The predicted molar refractivity (Wildman–Crippen MR) is 133 cm³/mol. The quantitative estimate of drug-likeness (QED) is 0.485. The second-order valence-electron chi connectivity index (χ2n) is 9.55. The van der Waals surface area contributed by atoms with Crippen LogP contribution in [0.25, 0.3) is 11.1 Å². The molecule has 3 N–H and O–H groups in total. The molecule has 0 heterocycles. The zero-order chi connectivity index (χ0) is 24.8. The summed E-state index contributed by atoms with van der Waals surface area (Å²) in [7, 11) is 0. The van der Waals surface area contributed by atoms with Crippen LogP contribution >= 0.6 is 0 Å². The number of benzene rings is 2. The van der Waals surface area contributed by atoms with Gasteiger partial charge in [-0.25, -0.2) is 9.59 Å². The monoisotopic (exact) mass is 478 g/mol. The third kappa shape index (κ3) is 5.66. The van der Waals surface area contributed by atoms with Gasteiger partial charge in [0.1, 0.15) is 12.6 Å². The van der Waals surface area contributed by atoms with Gasteiger partial charge in [-0.3, -0.25) is 4.79 Å². The van der Waals surface area contributed by atoms with Gasteiger partial charge >= 0.3 is 12.1 Å². The second-order valence-corrected chi connectivity index (χ2v) is 9.55. The van der Waals surface area contributed by atoms with Gasteiger partial charge in [0.2, 0.25) is 5.91 Å². The van der Waals surface area contributed by atoms with E-state index in [1.807, 2.05) is 31.2 Å². The smallest absolute Gasteiger partial charge is 0.407 e. The molecule has 186 valence electrons. The van der Waals surface area contributed by atoms with Crippen LogP contribution in [0.2, 0.25) is 0 Å². The maximum atomic E-state index is 12.9. The molecule has 0 spiro atoms. The molecule has 35 heavy (non-hydrogen) atoms. The van der Waals surface area contributed by atoms with Crippen molar-refractivity contribution in [2.45, 2.75) is 57.4 Å². The third-order valence-electron chi connectivity index (χ3n) is 7.29. The fourth-order valence-corrected chi connectivity index (χ4v) is 5.49. The summed E-state index contributed by atoms with van der Waals surface area (Å²) < 4.78 is 5.63. The van der Waals surface area contributed by atoms with Crippen molar-refractivity contribution in [3.63, 3.8) is 0 Å². The first-order chi connectivity index (χ1) is 17.0. The van der Waals surface area contributed by atoms with Gasteiger partial charge in [0.15, 0.2) is 0 Å². The van der Waals surface area contributed by atoms with E-state index in [1.165, 1.54) is 11.1 Å². The van der Waals surface area contributed by atoms with Gasteiger partial charge in [0, 0.05) is 18.4 Å². The van der Waals surface area contributed by atoms with Crippen LogP contribution in [0, 0.1) is 11.8 Å². The van der Waals surface area contributed by atoms with Crippen molar-refractivity contribution in [3.8, 4) is 11.1 Å². The molecule has 1 fully saturated rings. The van der Waals surface area contributed by atoms with E-state index >= 15 is 0 Å². The standard InChI is InChI=1S/C28H34N2O5/c1-2-9-25(27(32)33)30-26(31)19-11-4-3-10-18(19)16-29-28(34)35-17-24-22-14-7-5-12-20(22)21-13-6-8-15-23(21)24/h5-8,12-15,18-19,24-25H,2-4,9-11,16-17H2,1H3,(H,29,34)(H,30,31)(H,32,33)/t18-,19-,25+/m0/s1. The van der Waals surface area contributed by atoms with E-state index in [-0.39, 0.29) is 30.3 Å². The molecule has 0 aromatic heterocycles. The van der Waals surface area contributed by atoms with E-state index in [9.17, 15) is 19.5 Å². The number of aliphatic carboxylic acids is 1. The minimum absolute atomic E-state index is 0.00660. The molecule has 2 aromatic rings. The molecule has 2 aliphatic carbocycles. The van der Waals surface area contributed by atoms with Gasteiger partial charge in [0.25, 0.3) is 0 Å². The lowest BCUT2D eigenvalue weighted by Crippen LogP contribution is -2.47. The van der Waals surface area contributed by atoms with Gasteiger partial charge in [-0.2, -0.15) is 0 Å². The Morgan fingerprint density at radius 3 is 2.26 bits per heavy atom. The van der Waals surface area contributed by atoms with E-state index in [0.717, 1.165) is 30.4 Å². The van der Waals surface area contributed by atoms with E-state index in [1.54, 1.807) is 0 Å². The van der Waals surface area contributed by atoms with Crippen LogP contribution in [0.15, 0.2) is 48.5 Å². The van der Waals surface area contributed by atoms with E-state index < -0.39 is 18.1 Å². The largest absolute Gasteiger partial charge is 0.480 e. The Balaban J connectivity index is 1.32. The first-order valence-corrected chi connectivity index (χ1v) is 12.6. The average Bonchev–Trinajstić information content (AvgIpc) is 3.19. The summed E-state index contributed by atoms with van der Waals surface area (Å²) in [6, 6.07) is 15.5. The maximum Gasteiger partial charge on any atom is 0.407 e. The summed E-state index contributed by atoms with van der Waals surface area (Å²) in [6.07, 6.45) is 3.99. The number of alkyl carbamates (subject to hydrolysis) is 1. The number of amides is 2. The molecule has 0 unspecified atom stereocenters. The van der Waals surface area contributed by atoms with Gasteiger partial charge < -0.3 is 20.5 Å². The third-order valence-corrected chi connectivity index (χ3v) is 7.29. The van der Waals surface area contributed by atoms with E-state index in [0.29, 0.717) is 25.8 Å². The minimum Gasteiger partial charge on any atom is -0.480 e. The lowest BCUT2D eigenvalue weighted by Gasteiger charge is -2.31. The Morgan fingerprint density at radius 2 is 1.63 bits per heavy atom. The zero-order valence-electron chi connectivity index (χ0n) is 20.2. The summed E-state index contributed by atoms with van der Waals surface area (Å²) >= 11 is 0. The summed E-state index contributed by atoms with van der Waals surface area (Å²) in [5.74, 6) is -1.60. The lowest BCUT2D eigenvalue weighted by atomic mass is 9.78. The van der Waals surface area contributed by atoms with Gasteiger partial charge in [-0.15, -0.1) is 0 Å². The normalized spacial score (nSPS) is 19.8. The Morgan fingerprint density at radius 1 is 1.00 bits per heavy atom. The summed E-state index contributed by atoms with van der Waals surface area (Å²) in [6.45, 7) is 2.47. The van der Waals surface area contributed by atoms with Crippen LogP contribution < -0.4 is 10.6 Å². The number of carboxylic acid groups (broad SMARTS) is 1. The molecule has 7 nitrogen and oxygen atoms in total. The van der Waals surface area contributed by atoms with Gasteiger partial charge in [-0.1, -0.05) is 74.7 Å². The minimum atomic E-state index is -1.01. The molecular formula is C28H34N2O5. The molecule has 0 saturated heterocycles. The number of carbonyl (C=O) groups is 3. The van der Waals surface area contributed by atoms with Crippen LogP contribution in [0.3, 0.4) is 0 Å². The van der Waals surface area contributed by atoms with Crippen LogP contribution in [0.4, 0.5) is 4.79 Å². The molecule has 4 rings (SSSR count). The van der Waals surface area contributed by atoms with E-state index in [2.05, 4.69) is 34.9 Å². The molecule has 2 aromatic carbocycles. The summed E-state index contributed by atoms with van der Waals surface area (Å²) in [5.41, 5.74) is 4.67. The van der Waals surface area contributed by atoms with Crippen molar-refractivity contribution >= 4 is 18.0 Å². The molecule has 2 amide bonds. The zero-order valence-corrected chi connectivity index (χ0v) is 20.2. The Kier molecular flexibility index (Phi) is 8.06. The number of fused-ring (bicyclic) bond motifs is 3. The van der Waals surface area contributed by atoms with Crippen LogP contribution in [0.5, 0.6) is 0 Å². The van der Waals surface area contributed by atoms with Crippen molar-refractivity contribution in [1.29, 1.82) is 0 Å². The molecular weight excluding hydrogens is 444 g/mol. The molecule has 2 aliphatic rings. The van der Waals surface area contributed by atoms with Crippen LogP contribution in [-0.4, -0.2) is 42.3 Å². The Bertz CT molecular complexity index is 1020. The van der Waals surface area contributed by atoms with Gasteiger partial charge in [0.05, 0.1) is 0 Å². The number of hydrogen-bond donors (Lipinski definition) is 3. The molecule has 3 atom stereocenters. The van der Waals surface area contributed by atoms with Crippen LogP contribution in [-0.2, 0) is 14.3 Å². The number of ether oxygens (including phenoxy) is 1. The summed E-state index contributed by atoms with van der Waals surface area (Å²) in [5, 5.41) is 14.9. The number of carboxylic acids is 1. The highest BCUT2D eigenvalue weighted by molar-refractivity contribution is 5.85. The van der Waals surface area contributed by atoms with Crippen molar-refractivity contribution in [3.05, 3.63) is 59.7 Å². The fraction of sp³-hybridized carbons (Fsp3) is 0.464. The van der Waals surface area contributed by atoms with Crippen molar-refractivity contribution < 1.29 is 24.2 Å². The fourth-order valence-electron chi connectivity index (χ4n) is 5.49. The topological polar surface area (TPSA) is 105 Å². The van der Waals surface area contributed by atoms with Gasteiger partial charge in [-0.05, 0) is 47.4 Å². The van der Waals surface area contributed by atoms with Crippen molar-refractivity contribution in [2.75, 3.05) is 13.2 Å². The highest BCUT2D eigenvalue weighted by atomic mass is 16.5. The van der Waals surface area contributed by atoms with Crippen LogP contribution in [0.1, 0.15) is 62.5 Å². The number of rotatable bonds is 9. The Labute approximate surface area is 206 Å². The molecule has 0 bridgehead atoms. The SMILES string of the molecule is CCC[C@@H](NC(=O)[C@H]1CCCC[C@H]1CNC(=O)OCC1c2ccccc2-c2ccccc21)C(=O)O. The molecule has 1 saturated carbocycles.